The fourth-order valence-electron chi connectivity index (χ4n) is 2.85. The molecule has 1 aliphatic rings. The summed E-state index contributed by atoms with van der Waals surface area (Å²) in [7, 11) is -3.60. The van der Waals surface area contributed by atoms with Gasteiger partial charge in [0.25, 0.3) is 0 Å². The second-order valence-corrected chi connectivity index (χ2v) is 11.3. The summed E-state index contributed by atoms with van der Waals surface area (Å²) in [5.74, 6) is 0.279. The van der Waals surface area contributed by atoms with E-state index in [1.54, 1.807) is 12.1 Å². The first kappa shape index (κ1) is 21.1. The van der Waals surface area contributed by atoms with Crippen molar-refractivity contribution in [1.29, 1.82) is 0 Å². The molecule has 0 saturated carbocycles. The van der Waals surface area contributed by atoms with Crippen LogP contribution in [0.5, 0.6) is 0 Å². The summed E-state index contributed by atoms with van der Waals surface area (Å²) in [5, 5.41) is 3.47. The van der Waals surface area contributed by atoms with Crippen molar-refractivity contribution in [3.8, 4) is 0 Å². The van der Waals surface area contributed by atoms with E-state index in [9.17, 15) is 16.8 Å². The van der Waals surface area contributed by atoms with Gasteiger partial charge in [-0.15, -0.1) is 0 Å². The maximum Gasteiger partial charge on any atom is 0.242 e. The average molecular weight is 420 g/mol. The predicted octanol–water partition coefficient (Wildman–Crippen LogP) is 1.53. The molecule has 1 fully saturated rings. The Kier molecular flexibility index (Phi) is 6.65. The van der Waals surface area contributed by atoms with Gasteiger partial charge in [0.05, 0.1) is 16.4 Å². The van der Waals surface area contributed by atoms with Crippen LogP contribution < -0.4 is 5.32 Å². The van der Waals surface area contributed by atoms with Crippen LogP contribution in [0.4, 0.5) is 5.69 Å². The smallest absolute Gasteiger partial charge is 0.242 e. The average Bonchev–Trinajstić information content (AvgIpc) is 2.92. The maximum atomic E-state index is 12.3. The molecule has 0 aliphatic carbocycles. The zero-order chi connectivity index (χ0) is 19.5. The van der Waals surface area contributed by atoms with Crippen molar-refractivity contribution in [2.24, 2.45) is 0 Å². The van der Waals surface area contributed by atoms with Gasteiger partial charge in [0.2, 0.25) is 10.0 Å². The van der Waals surface area contributed by atoms with Crippen molar-refractivity contribution in [2.45, 2.75) is 30.7 Å². The normalized spacial score (nSPS) is 19.5. The number of sulfone groups is 1. The lowest BCUT2D eigenvalue weighted by atomic mass is 10.2. The van der Waals surface area contributed by atoms with Crippen LogP contribution in [0.1, 0.15) is 19.8 Å². The molecule has 1 N–H and O–H groups in total. The Morgan fingerprint density at radius 2 is 2.04 bits per heavy atom. The molecule has 1 aromatic carbocycles. The van der Waals surface area contributed by atoms with Crippen molar-refractivity contribution in [1.82, 2.24) is 9.21 Å². The van der Waals surface area contributed by atoms with Crippen molar-refractivity contribution in [3.05, 3.63) is 24.3 Å². The number of rotatable bonds is 6. The molecule has 0 amide bonds. The molecule has 1 heterocycles. The van der Waals surface area contributed by atoms with Crippen LogP contribution in [0.25, 0.3) is 0 Å². The molecule has 1 atom stereocenters. The van der Waals surface area contributed by atoms with Gasteiger partial charge in [0, 0.05) is 32.4 Å². The minimum absolute atomic E-state index is 0.101. The third-order valence-electron chi connectivity index (χ3n) is 4.24. The number of thiocarbonyl (C=S) groups is 1. The van der Waals surface area contributed by atoms with E-state index in [2.05, 4.69) is 5.32 Å². The van der Waals surface area contributed by atoms with Gasteiger partial charge in [-0.2, -0.15) is 0 Å². The van der Waals surface area contributed by atoms with E-state index in [4.69, 9.17) is 12.2 Å². The lowest BCUT2D eigenvalue weighted by Crippen LogP contribution is -2.43. The van der Waals surface area contributed by atoms with Gasteiger partial charge in [-0.05, 0) is 43.3 Å². The van der Waals surface area contributed by atoms with Gasteiger partial charge >= 0.3 is 0 Å². The molecule has 2 rings (SSSR count). The highest BCUT2D eigenvalue weighted by atomic mass is 32.2. The summed E-state index contributed by atoms with van der Waals surface area (Å²) in [6, 6.07) is 6.28. The zero-order valence-corrected chi connectivity index (χ0v) is 17.6. The highest BCUT2D eigenvalue weighted by molar-refractivity contribution is 7.91. The summed E-state index contributed by atoms with van der Waals surface area (Å²) in [6.45, 7) is 2.64. The number of anilines is 1. The second-order valence-electron chi connectivity index (χ2n) is 6.50. The fourth-order valence-corrected chi connectivity index (χ4v) is 5.89. The lowest BCUT2D eigenvalue weighted by Gasteiger charge is -2.30. The Bertz CT molecular complexity index is 866. The van der Waals surface area contributed by atoms with Gasteiger partial charge in [-0.3, -0.25) is 0 Å². The molecule has 0 spiro atoms. The number of hydrogen-bond donors (Lipinski definition) is 1. The molecule has 26 heavy (non-hydrogen) atoms. The third kappa shape index (κ3) is 4.93. The number of nitrogens with zero attached hydrogens (tertiary/aromatic N) is 2. The molecule has 1 aliphatic heterocycles. The summed E-state index contributed by atoms with van der Waals surface area (Å²) in [4.78, 5) is 2.06. The minimum Gasteiger partial charge on any atom is -0.345 e. The molecule has 0 radical (unpaired) electrons. The van der Waals surface area contributed by atoms with Crippen molar-refractivity contribution in [2.75, 3.05) is 37.5 Å². The summed E-state index contributed by atoms with van der Waals surface area (Å²) in [6.07, 6.45) is 1.38. The standard InChI is InChI=1S/C16H25N3O4S3/c1-4-9-19(14-8-10-25(20,21)12-14)16(24)17-13-6-5-7-15(11-13)26(22,23)18(2)3/h5-7,11,14H,4,8-10,12H2,1-3H3,(H,17,24)/t14-/m0/s1. The topological polar surface area (TPSA) is 86.8 Å². The van der Waals surface area contributed by atoms with E-state index in [1.807, 2.05) is 11.8 Å². The molecule has 0 unspecified atom stereocenters. The van der Waals surface area contributed by atoms with Crippen LogP contribution in [0.2, 0.25) is 0 Å². The first-order chi connectivity index (χ1) is 12.1. The van der Waals surface area contributed by atoms with E-state index < -0.39 is 19.9 Å². The first-order valence-electron chi connectivity index (χ1n) is 8.37. The van der Waals surface area contributed by atoms with Crippen molar-refractivity contribution >= 4 is 42.9 Å². The highest BCUT2D eigenvalue weighted by Crippen LogP contribution is 2.21. The number of nitrogens with one attached hydrogen (secondary N) is 1. The largest absolute Gasteiger partial charge is 0.345 e. The molecule has 146 valence electrons. The maximum absolute atomic E-state index is 12.3. The Labute approximate surface area is 161 Å². The van der Waals surface area contributed by atoms with Crippen LogP contribution in [0.3, 0.4) is 0 Å². The van der Waals surface area contributed by atoms with Crippen LogP contribution in [0.15, 0.2) is 29.2 Å². The summed E-state index contributed by atoms with van der Waals surface area (Å²) >= 11 is 5.48. The van der Waals surface area contributed by atoms with Gasteiger partial charge in [-0.1, -0.05) is 13.0 Å². The quantitative estimate of drug-likeness (QED) is 0.700. The van der Waals surface area contributed by atoms with E-state index in [0.29, 0.717) is 23.8 Å². The Morgan fingerprint density at radius 3 is 2.58 bits per heavy atom. The molecular weight excluding hydrogens is 394 g/mol. The number of benzene rings is 1. The SMILES string of the molecule is CCCN(C(=S)Nc1cccc(S(=O)(=O)N(C)C)c1)[C@H]1CCS(=O)(=O)C1. The summed E-state index contributed by atoms with van der Waals surface area (Å²) < 4.78 is 49.3. The van der Waals surface area contributed by atoms with Crippen LogP contribution in [-0.2, 0) is 19.9 Å². The van der Waals surface area contributed by atoms with Gasteiger partial charge in [0.15, 0.2) is 14.9 Å². The van der Waals surface area contributed by atoms with E-state index >= 15 is 0 Å². The monoisotopic (exact) mass is 419 g/mol. The van der Waals surface area contributed by atoms with Crippen LogP contribution in [0, 0.1) is 0 Å². The number of hydrogen-bond acceptors (Lipinski definition) is 5. The molecule has 7 nitrogen and oxygen atoms in total. The molecule has 1 aromatic rings. The number of sulfonamides is 1. The van der Waals surface area contributed by atoms with E-state index in [0.717, 1.165) is 10.7 Å². The molecule has 0 aromatic heterocycles. The van der Waals surface area contributed by atoms with E-state index in [1.165, 1.54) is 26.2 Å². The lowest BCUT2D eigenvalue weighted by molar-refractivity contribution is 0.339. The Hall–Kier alpha value is -1.23. The minimum atomic E-state index is -3.54. The second kappa shape index (κ2) is 8.20. The van der Waals surface area contributed by atoms with Crippen LogP contribution >= 0.6 is 12.2 Å². The third-order valence-corrected chi connectivity index (χ3v) is 8.14. The summed E-state index contributed by atoms with van der Waals surface area (Å²) in [5.41, 5.74) is 0.555. The molecular formula is C16H25N3O4S3. The van der Waals surface area contributed by atoms with E-state index in [-0.39, 0.29) is 22.4 Å². The predicted molar refractivity (Wildman–Crippen MR) is 108 cm³/mol. The fraction of sp³-hybridized carbons (Fsp3) is 0.562. The Morgan fingerprint density at radius 1 is 1.35 bits per heavy atom. The zero-order valence-electron chi connectivity index (χ0n) is 15.2. The van der Waals surface area contributed by atoms with Gasteiger partial charge < -0.3 is 10.2 Å². The first-order valence-corrected chi connectivity index (χ1v) is 12.0. The Balaban J connectivity index is 2.19. The van der Waals surface area contributed by atoms with Gasteiger partial charge in [0.1, 0.15) is 0 Å². The molecule has 1 saturated heterocycles. The van der Waals surface area contributed by atoms with Gasteiger partial charge in [-0.25, -0.2) is 21.1 Å². The van der Waals surface area contributed by atoms with Crippen LogP contribution in [-0.4, -0.2) is 69.3 Å². The highest BCUT2D eigenvalue weighted by Gasteiger charge is 2.33. The van der Waals surface area contributed by atoms with Crippen molar-refractivity contribution < 1.29 is 16.8 Å². The molecule has 0 bridgehead atoms. The molecule has 10 heteroatoms. The van der Waals surface area contributed by atoms with Crippen molar-refractivity contribution in [3.63, 3.8) is 0 Å².